The average molecular weight is 280 g/mol. The van der Waals surface area contributed by atoms with E-state index in [1.807, 2.05) is 18.2 Å². The molecular formula is C13H14BrNO. The molecule has 84 valence electrons. The van der Waals surface area contributed by atoms with E-state index in [2.05, 4.69) is 27.3 Å². The third kappa shape index (κ3) is 1.78. The van der Waals surface area contributed by atoms with E-state index in [4.69, 9.17) is 4.42 Å². The van der Waals surface area contributed by atoms with Gasteiger partial charge in [0, 0.05) is 17.8 Å². The standard InChI is InChI=1S/C13H14BrNO/c14-13-10-5-1-2-6-11(10)16-12(13)8-9-4-3-7-15-9/h1-2,5-6,9,15H,3-4,7-8H2. The number of furan rings is 1. The minimum Gasteiger partial charge on any atom is -0.460 e. The molecule has 1 atom stereocenters. The second kappa shape index (κ2) is 4.22. The van der Waals surface area contributed by atoms with E-state index in [1.165, 1.54) is 18.2 Å². The van der Waals surface area contributed by atoms with E-state index >= 15 is 0 Å². The Kier molecular flexibility index (Phi) is 2.74. The lowest BCUT2D eigenvalue weighted by molar-refractivity contribution is 0.492. The molecule has 1 saturated heterocycles. The Morgan fingerprint density at radius 3 is 3.00 bits per heavy atom. The fourth-order valence-electron chi connectivity index (χ4n) is 2.35. The highest BCUT2D eigenvalue weighted by Crippen LogP contribution is 2.32. The number of fused-ring (bicyclic) bond motifs is 1. The minimum atomic E-state index is 0.580. The summed E-state index contributed by atoms with van der Waals surface area (Å²) in [5.74, 6) is 1.07. The summed E-state index contributed by atoms with van der Waals surface area (Å²) >= 11 is 3.64. The zero-order chi connectivity index (χ0) is 11.0. The molecule has 1 N–H and O–H groups in total. The monoisotopic (exact) mass is 279 g/mol. The van der Waals surface area contributed by atoms with Crippen molar-refractivity contribution in [3.05, 3.63) is 34.5 Å². The van der Waals surface area contributed by atoms with Crippen LogP contribution in [0.1, 0.15) is 18.6 Å². The average Bonchev–Trinajstić information content (AvgIpc) is 2.90. The van der Waals surface area contributed by atoms with Crippen molar-refractivity contribution >= 4 is 26.9 Å². The number of halogens is 1. The highest BCUT2D eigenvalue weighted by Gasteiger charge is 2.19. The molecule has 1 aromatic heterocycles. The first kappa shape index (κ1) is 10.4. The summed E-state index contributed by atoms with van der Waals surface area (Å²) in [4.78, 5) is 0. The number of hydrogen-bond acceptors (Lipinski definition) is 2. The molecule has 2 nitrogen and oxygen atoms in total. The van der Waals surface area contributed by atoms with Gasteiger partial charge in [-0.15, -0.1) is 0 Å². The van der Waals surface area contributed by atoms with Gasteiger partial charge in [0.15, 0.2) is 0 Å². The predicted octanol–water partition coefficient (Wildman–Crippen LogP) is 3.49. The Balaban J connectivity index is 1.94. The van der Waals surface area contributed by atoms with Crippen molar-refractivity contribution in [2.75, 3.05) is 6.54 Å². The Morgan fingerprint density at radius 1 is 1.38 bits per heavy atom. The Morgan fingerprint density at radius 2 is 2.25 bits per heavy atom. The van der Waals surface area contributed by atoms with E-state index in [1.54, 1.807) is 0 Å². The Bertz CT molecular complexity index is 500. The molecule has 0 saturated carbocycles. The maximum atomic E-state index is 5.87. The summed E-state index contributed by atoms with van der Waals surface area (Å²) in [6.45, 7) is 1.14. The summed E-state index contributed by atoms with van der Waals surface area (Å²) in [6, 6.07) is 8.74. The zero-order valence-corrected chi connectivity index (χ0v) is 10.6. The van der Waals surface area contributed by atoms with Gasteiger partial charge in [0.05, 0.1) is 4.47 Å². The molecule has 1 unspecified atom stereocenters. The molecule has 2 aromatic rings. The van der Waals surface area contributed by atoms with Crippen LogP contribution in [0, 0.1) is 0 Å². The molecule has 1 aromatic carbocycles. The van der Waals surface area contributed by atoms with Crippen LogP contribution < -0.4 is 5.32 Å². The molecule has 0 radical (unpaired) electrons. The van der Waals surface area contributed by atoms with Crippen molar-refractivity contribution in [1.29, 1.82) is 0 Å². The third-order valence-electron chi connectivity index (χ3n) is 3.20. The van der Waals surface area contributed by atoms with Crippen LogP contribution in [0.25, 0.3) is 11.0 Å². The first-order chi connectivity index (χ1) is 7.84. The smallest absolute Gasteiger partial charge is 0.135 e. The summed E-state index contributed by atoms with van der Waals surface area (Å²) in [6.07, 6.45) is 3.52. The third-order valence-corrected chi connectivity index (χ3v) is 4.07. The van der Waals surface area contributed by atoms with E-state index in [0.717, 1.165) is 28.8 Å². The highest BCUT2D eigenvalue weighted by molar-refractivity contribution is 9.10. The normalized spacial score (nSPS) is 20.7. The molecule has 0 bridgehead atoms. The summed E-state index contributed by atoms with van der Waals surface area (Å²) in [7, 11) is 0. The maximum Gasteiger partial charge on any atom is 0.135 e. The van der Waals surface area contributed by atoms with Crippen LogP contribution in [0.4, 0.5) is 0 Å². The van der Waals surface area contributed by atoms with Gasteiger partial charge in [-0.1, -0.05) is 12.1 Å². The Hall–Kier alpha value is -0.800. The van der Waals surface area contributed by atoms with E-state index in [0.29, 0.717) is 6.04 Å². The van der Waals surface area contributed by atoms with Crippen LogP contribution in [0.3, 0.4) is 0 Å². The topological polar surface area (TPSA) is 25.2 Å². The van der Waals surface area contributed by atoms with Gasteiger partial charge in [-0.3, -0.25) is 0 Å². The number of rotatable bonds is 2. The molecule has 0 aliphatic carbocycles. The van der Waals surface area contributed by atoms with Crippen molar-refractivity contribution in [2.24, 2.45) is 0 Å². The zero-order valence-electron chi connectivity index (χ0n) is 9.00. The number of hydrogen-bond donors (Lipinski definition) is 1. The molecule has 0 amide bonds. The molecule has 0 spiro atoms. The molecule has 1 fully saturated rings. The number of benzene rings is 1. The lowest BCUT2D eigenvalue weighted by atomic mass is 10.1. The highest BCUT2D eigenvalue weighted by atomic mass is 79.9. The lowest BCUT2D eigenvalue weighted by Crippen LogP contribution is -2.23. The van der Waals surface area contributed by atoms with Crippen molar-refractivity contribution in [2.45, 2.75) is 25.3 Å². The van der Waals surface area contributed by atoms with E-state index < -0.39 is 0 Å². The summed E-state index contributed by atoms with van der Waals surface area (Å²) in [5.41, 5.74) is 0.974. The second-order valence-corrected chi connectivity index (χ2v) is 5.13. The first-order valence-corrected chi connectivity index (χ1v) is 6.53. The van der Waals surface area contributed by atoms with Crippen molar-refractivity contribution in [3.63, 3.8) is 0 Å². The van der Waals surface area contributed by atoms with Crippen LogP contribution in [0.5, 0.6) is 0 Å². The molecule has 3 heteroatoms. The predicted molar refractivity (Wildman–Crippen MR) is 68.6 cm³/mol. The number of para-hydroxylation sites is 1. The van der Waals surface area contributed by atoms with Crippen LogP contribution in [-0.2, 0) is 6.42 Å². The fourth-order valence-corrected chi connectivity index (χ4v) is 2.92. The largest absolute Gasteiger partial charge is 0.460 e. The second-order valence-electron chi connectivity index (χ2n) is 4.33. The van der Waals surface area contributed by atoms with Gasteiger partial charge in [0.25, 0.3) is 0 Å². The molecule has 16 heavy (non-hydrogen) atoms. The van der Waals surface area contributed by atoms with Gasteiger partial charge in [0.2, 0.25) is 0 Å². The van der Waals surface area contributed by atoms with Gasteiger partial charge in [-0.25, -0.2) is 0 Å². The fraction of sp³-hybridized carbons (Fsp3) is 0.385. The van der Waals surface area contributed by atoms with Crippen molar-refractivity contribution < 1.29 is 4.42 Å². The van der Waals surface area contributed by atoms with Crippen LogP contribution >= 0.6 is 15.9 Å². The van der Waals surface area contributed by atoms with Crippen LogP contribution in [0.2, 0.25) is 0 Å². The van der Waals surface area contributed by atoms with E-state index in [9.17, 15) is 0 Å². The van der Waals surface area contributed by atoms with Gasteiger partial charge in [-0.2, -0.15) is 0 Å². The van der Waals surface area contributed by atoms with Crippen LogP contribution in [-0.4, -0.2) is 12.6 Å². The first-order valence-electron chi connectivity index (χ1n) is 5.74. The quantitative estimate of drug-likeness (QED) is 0.911. The van der Waals surface area contributed by atoms with Crippen molar-refractivity contribution in [3.8, 4) is 0 Å². The molecular weight excluding hydrogens is 266 g/mol. The molecule has 1 aliphatic rings. The van der Waals surface area contributed by atoms with Gasteiger partial charge in [0.1, 0.15) is 11.3 Å². The molecule has 3 rings (SSSR count). The maximum absolute atomic E-state index is 5.87. The SMILES string of the molecule is Brc1c(CC2CCCN2)oc2ccccc12. The lowest BCUT2D eigenvalue weighted by Gasteiger charge is -2.07. The van der Waals surface area contributed by atoms with Crippen LogP contribution in [0.15, 0.2) is 33.2 Å². The van der Waals surface area contributed by atoms with Crippen molar-refractivity contribution in [1.82, 2.24) is 5.32 Å². The minimum absolute atomic E-state index is 0.580. The number of nitrogens with one attached hydrogen (secondary N) is 1. The molecule has 2 heterocycles. The van der Waals surface area contributed by atoms with E-state index in [-0.39, 0.29) is 0 Å². The summed E-state index contributed by atoms with van der Waals surface area (Å²) in [5, 5.41) is 4.67. The Labute approximate surface area is 103 Å². The van der Waals surface area contributed by atoms with Gasteiger partial charge in [-0.05, 0) is 47.4 Å². The summed E-state index contributed by atoms with van der Waals surface area (Å²) < 4.78 is 7.00. The van der Waals surface area contributed by atoms with Gasteiger partial charge < -0.3 is 9.73 Å². The molecule has 1 aliphatic heterocycles. The van der Waals surface area contributed by atoms with Gasteiger partial charge >= 0.3 is 0 Å².